The summed E-state index contributed by atoms with van der Waals surface area (Å²) < 4.78 is 32.7. The third-order valence-corrected chi connectivity index (χ3v) is 6.49. The highest BCUT2D eigenvalue weighted by Crippen LogP contribution is 2.27. The molecule has 3 aromatic rings. The number of hydrogen-bond acceptors (Lipinski definition) is 6. The van der Waals surface area contributed by atoms with Crippen LogP contribution in [0.5, 0.6) is 5.75 Å². The van der Waals surface area contributed by atoms with Gasteiger partial charge in [-0.1, -0.05) is 12.6 Å². The number of aromatic nitrogens is 1. The molecule has 39 heavy (non-hydrogen) atoms. The number of halogens is 2. The maximum Gasteiger partial charge on any atom is 0.275 e. The topological polar surface area (TPSA) is 108 Å². The number of rotatable bonds is 5. The van der Waals surface area contributed by atoms with E-state index < -0.39 is 28.7 Å². The summed E-state index contributed by atoms with van der Waals surface area (Å²) in [6.45, 7) is 5.87. The molecule has 2 N–H and O–H groups in total. The lowest BCUT2D eigenvalue weighted by Crippen LogP contribution is -2.55. The van der Waals surface area contributed by atoms with Crippen molar-refractivity contribution in [2.24, 2.45) is 0 Å². The lowest BCUT2D eigenvalue weighted by molar-refractivity contribution is -0.116. The van der Waals surface area contributed by atoms with E-state index in [-0.39, 0.29) is 29.9 Å². The first-order valence-electron chi connectivity index (χ1n) is 12.4. The minimum Gasteiger partial charge on any atom is -0.503 e. The summed E-state index contributed by atoms with van der Waals surface area (Å²) in [4.78, 5) is 39.5. The average Bonchev–Trinajstić information content (AvgIpc) is 3.34. The zero-order chi connectivity index (χ0) is 27.9. The van der Waals surface area contributed by atoms with Gasteiger partial charge in [0, 0.05) is 49.6 Å². The molecule has 2 amide bonds. The van der Waals surface area contributed by atoms with Crippen LogP contribution in [-0.4, -0.2) is 50.5 Å². The molecule has 0 spiro atoms. The van der Waals surface area contributed by atoms with Crippen LogP contribution in [0.15, 0.2) is 76.5 Å². The first-order chi connectivity index (χ1) is 18.8. The van der Waals surface area contributed by atoms with Crippen LogP contribution < -0.4 is 10.7 Å². The smallest absolute Gasteiger partial charge is 0.275 e. The van der Waals surface area contributed by atoms with Crippen molar-refractivity contribution in [1.29, 1.82) is 0 Å². The van der Waals surface area contributed by atoms with E-state index in [0.717, 1.165) is 43.4 Å². The largest absolute Gasteiger partial charge is 0.503 e. The fourth-order valence-electron chi connectivity index (χ4n) is 4.57. The van der Waals surface area contributed by atoms with Gasteiger partial charge in [-0.3, -0.25) is 19.3 Å². The van der Waals surface area contributed by atoms with Crippen molar-refractivity contribution in [1.82, 2.24) is 19.7 Å². The second-order valence-electron chi connectivity index (χ2n) is 9.07. The van der Waals surface area contributed by atoms with Crippen LogP contribution >= 0.6 is 0 Å². The number of hydrogen-bond donors (Lipinski definition) is 2. The van der Waals surface area contributed by atoms with E-state index in [9.17, 15) is 28.3 Å². The maximum atomic E-state index is 13.1. The van der Waals surface area contributed by atoms with Gasteiger partial charge in [-0.25, -0.2) is 8.78 Å². The predicted octanol–water partition coefficient (Wildman–Crippen LogP) is 3.15. The van der Waals surface area contributed by atoms with Crippen molar-refractivity contribution >= 4 is 11.8 Å². The van der Waals surface area contributed by atoms with Crippen LogP contribution in [0.25, 0.3) is 0 Å². The number of furan rings is 1. The Morgan fingerprint density at radius 3 is 2.72 bits per heavy atom. The molecule has 9 nitrogen and oxygen atoms in total. The molecule has 204 valence electrons. The second-order valence-corrected chi connectivity index (χ2v) is 9.07. The molecular formula is C28H28F2N4O5. The third-order valence-electron chi connectivity index (χ3n) is 6.49. The van der Waals surface area contributed by atoms with E-state index in [4.69, 9.17) is 4.42 Å². The Bertz CT molecular complexity index is 1450. The summed E-state index contributed by atoms with van der Waals surface area (Å²) in [5.41, 5.74) is 2.09. The van der Waals surface area contributed by atoms with Gasteiger partial charge in [0.1, 0.15) is 23.6 Å². The van der Waals surface area contributed by atoms with Gasteiger partial charge in [-0.2, -0.15) is 0 Å². The number of nitrogens with one attached hydrogen (secondary N) is 1. The van der Waals surface area contributed by atoms with Crippen LogP contribution in [0.2, 0.25) is 0 Å². The SMILES string of the molecule is C=C=CC(=O)NCc1ccc(F)cc1F.O=C1c2c(O)c(=O)ccn2CC2N(Cc3ccco3)CCCCN12. The van der Waals surface area contributed by atoms with Crippen molar-refractivity contribution in [2.45, 2.75) is 38.6 Å². The van der Waals surface area contributed by atoms with Gasteiger partial charge < -0.3 is 24.3 Å². The van der Waals surface area contributed by atoms with Gasteiger partial charge in [0.05, 0.1) is 19.4 Å². The zero-order valence-electron chi connectivity index (χ0n) is 21.1. The highest BCUT2D eigenvalue weighted by molar-refractivity contribution is 5.96. The molecule has 4 heterocycles. The second kappa shape index (κ2) is 12.4. The fourth-order valence-corrected chi connectivity index (χ4v) is 4.57. The Kier molecular flexibility index (Phi) is 8.75. The quantitative estimate of drug-likeness (QED) is 0.382. The molecule has 1 unspecified atom stereocenters. The summed E-state index contributed by atoms with van der Waals surface area (Å²) in [6.07, 6.45) is 6.11. The Hall–Kier alpha value is -4.47. The van der Waals surface area contributed by atoms with Crippen LogP contribution in [-0.2, 0) is 24.4 Å². The number of carbonyl (C=O) groups excluding carboxylic acids is 2. The van der Waals surface area contributed by atoms with Crippen molar-refractivity contribution in [3.63, 3.8) is 0 Å². The lowest BCUT2D eigenvalue weighted by Gasteiger charge is -2.41. The Labute approximate surface area is 223 Å². The van der Waals surface area contributed by atoms with E-state index in [2.05, 4.69) is 22.5 Å². The number of aromatic hydroxyl groups is 1. The lowest BCUT2D eigenvalue weighted by atomic mass is 10.1. The van der Waals surface area contributed by atoms with E-state index in [1.165, 1.54) is 12.1 Å². The van der Waals surface area contributed by atoms with Crippen molar-refractivity contribution in [2.75, 3.05) is 13.1 Å². The van der Waals surface area contributed by atoms with Crippen LogP contribution in [0.1, 0.15) is 34.7 Å². The molecule has 1 fully saturated rings. The van der Waals surface area contributed by atoms with Crippen molar-refractivity contribution in [3.8, 4) is 5.75 Å². The summed E-state index contributed by atoms with van der Waals surface area (Å²) >= 11 is 0. The highest BCUT2D eigenvalue weighted by atomic mass is 19.1. The predicted molar refractivity (Wildman–Crippen MR) is 137 cm³/mol. The normalized spacial score (nSPS) is 16.6. The highest BCUT2D eigenvalue weighted by Gasteiger charge is 2.38. The summed E-state index contributed by atoms with van der Waals surface area (Å²) in [5.74, 6) is -1.63. The van der Waals surface area contributed by atoms with Gasteiger partial charge in [0.15, 0.2) is 11.4 Å². The summed E-state index contributed by atoms with van der Waals surface area (Å²) in [7, 11) is 0. The van der Waals surface area contributed by atoms with E-state index in [1.54, 1.807) is 21.9 Å². The number of fused-ring (bicyclic) bond motifs is 2. The molecule has 0 bridgehead atoms. The average molecular weight is 539 g/mol. The number of benzene rings is 1. The van der Waals surface area contributed by atoms with Gasteiger partial charge >= 0.3 is 0 Å². The van der Waals surface area contributed by atoms with Crippen LogP contribution in [0.3, 0.4) is 0 Å². The number of nitrogens with zero attached hydrogens (tertiary/aromatic N) is 3. The Morgan fingerprint density at radius 2 is 2.00 bits per heavy atom. The van der Waals surface area contributed by atoms with E-state index in [1.807, 2.05) is 12.1 Å². The fraction of sp³-hybridized carbons (Fsp3) is 0.286. The van der Waals surface area contributed by atoms with Gasteiger partial charge in [0.25, 0.3) is 11.8 Å². The molecule has 5 rings (SSSR count). The maximum absolute atomic E-state index is 13.1. The molecule has 1 atom stereocenters. The Morgan fingerprint density at radius 1 is 1.21 bits per heavy atom. The molecule has 0 aliphatic carbocycles. The van der Waals surface area contributed by atoms with Gasteiger partial charge in [0.2, 0.25) is 5.43 Å². The molecule has 1 saturated heterocycles. The minimum atomic E-state index is -0.683. The first kappa shape index (κ1) is 27.6. The number of amides is 2. The molecule has 1 aromatic carbocycles. The summed E-state index contributed by atoms with van der Waals surface area (Å²) in [5, 5.41) is 12.4. The molecule has 0 radical (unpaired) electrons. The summed E-state index contributed by atoms with van der Waals surface area (Å²) in [6, 6.07) is 8.27. The van der Waals surface area contributed by atoms with Gasteiger partial charge in [-0.15, -0.1) is 5.73 Å². The van der Waals surface area contributed by atoms with E-state index in [0.29, 0.717) is 19.6 Å². The molecule has 2 aliphatic rings. The standard InChI is InChI=1S/C17H19N3O4.C11H9F2NO/c21-13-5-8-19-11-14-18(10-12-4-3-9-24-12)6-1-2-7-20(14)17(23)15(19)16(13)22;1-2-3-11(15)14-7-8-4-5-9(12)6-10(8)13/h3-5,8-9,14,22H,1-2,6-7,10-11H2;3-6H,1,7H2,(H,14,15). The van der Waals surface area contributed by atoms with Crippen molar-refractivity contribution in [3.05, 3.63) is 106 Å². The van der Waals surface area contributed by atoms with Gasteiger partial charge in [-0.05, 0) is 31.0 Å². The molecular weight excluding hydrogens is 510 g/mol. The molecule has 11 heteroatoms. The zero-order valence-corrected chi connectivity index (χ0v) is 21.1. The first-order valence-corrected chi connectivity index (χ1v) is 12.4. The van der Waals surface area contributed by atoms with Crippen LogP contribution in [0.4, 0.5) is 8.78 Å². The molecule has 2 aliphatic heterocycles. The monoisotopic (exact) mass is 538 g/mol. The Balaban J connectivity index is 0.000000204. The minimum absolute atomic E-state index is 0.00310. The molecule has 0 saturated carbocycles. The number of pyridine rings is 1. The number of carbonyl (C=O) groups is 2. The van der Waals surface area contributed by atoms with Crippen molar-refractivity contribution < 1.29 is 27.9 Å². The molecule has 2 aromatic heterocycles. The van der Waals surface area contributed by atoms with E-state index >= 15 is 0 Å². The van der Waals surface area contributed by atoms with Crippen LogP contribution in [0, 0.1) is 11.6 Å². The third kappa shape index (κ3) is 6.51.